The molecule has 4 saturated carbocycles. The van der Waals surface area contributed by atoms with Gasteiger partial charge in [-0.25, -0.2) is 4.98 Å². The van der Waals surface area contributed by atoms with Gasteiger partial charge >= 0.3 is 0 Å². The van der Waals surface area contributed by atoms with Gasteiger partial charge in [-0.2, -0.15) is 9.97 Å². The molecule has 2 aromatic heterocycles. The van der Waals surface area contributed by atoms with Crippen molar-refractivity contribution in [1.29, 1.82) is 0 Å². The zero-order chi connectivity index (χ0) is 26.3. The number of fused-ring (bicyclic) bond motifs is 3. The van der Waals surface area contributed by atoms with Crippen LogP contribution in [-0.4, -0.2) is 19.5 Å². The summed E-state index contributed by atoms with van der Waals surface area (Å²) in [6, 6.07) is 36.4. The van der Waals surface area contributed by atoms with Gasteiger partial charge in [0, 0.05) is 21.8 Å². The average Bonchev–Trinajstić information content (AvgIpc) is 3.48. The van der Waals surface area contributed by atoms with Gasteiger partial charge in [0.2, 0.25) is 5.95 Å². The molecule has 0 unspecified atom stereocenters. The third-order valence-corrected chi connectivity index (χ3v) is 10.0. The summed E-state index contributed by atoms with van der Waals surface area (Å²) in [6.07, 6.45) is 7.86. The molecule has 4 fully saturated rings. The number of rotatable bonds is 4. The Kier molecular flexibility index (Phi) is 4.56. The molecule has 2 heterocycles. The van der Waals surface area contributed by atoms with Crippen molar-refractivity contribution in [2.75, 3.05) is 0 Å². The highest BCUT2D eigenvalue weighted by Gasteiger charge is 2.64. The van der Waals surface area contributed by atoms with Gasteiger partial charge in [-0.15, -0.1) is 0 Å². The van der Waals surface area contributed by atoms with Crippen molar-refractivity contribution in [3.63, 3.8) is 0 Å². The monoisotopic (exact) mass is 518 g/mol. The molecular weight excluding hydrogens is 488 g/mol. The van der Waals surface area contributed by atoms with Gasteiger partial charge in [0.25, 0.3) is 0 Å². The fourth-order valence-corrected chi connectivity index (χ4v) is 8.66. The number of aromatic nitrogens is 4. The molecule has 4 aliphatic carbocycles. The number of benzene rings is 4. The average molecular weight is 519 g/mol. The van der Waals surface area contributed by atoms with E-state index in [2.05, 4.69) is 108 Å². The maximum absolute atomic E-state index is 5.37. The van der Waals surface area contributed by atoms with Gasteiger partial charge in [0.15, 0.2) is 5.82 Å². The Bertz CT molecular complexity index is 1910. The zero-order valence-electron chi connectivity index (χ0n) is 22.4. The van der Waals surface area contributed by atoms with Crippen LogP contribution in [0.2, 0.25) is 0 Å². The minimum absolute atomic E-state index is 0.0919. The lowest BCUT2D eigenvalue weighted by Crippen LogP contribution is -2.53. The Hall–Kier alpha value is -4.31. The molecule has 40 heavy (non-hydrogen) atoms. The lowest BCUT2D eigenvalue weighted by Gasteiger charge is -2.58. The Morgan fingerprint density at radius 2 is 1.38 bits per heavy atom. The van der Waals surface area contributed by atoms with Crippen molar-refractivity contribution in [2.24, 2.45) is 11.3 Å². The van der Waals surface area contributed by atoms with Gasteiger partial charge < -0.3 is 0 Å². The summed E-state index contributed by atoms with van der Waals surface area (Å²) in [6.45, 7) is 0. The molecule has 1 spiro atoms. The summed E-state index contributed by atoms with van der Waals surface area (Å²) in [5.41, 5.74) is 6.38. The Morgan fingerprint density at radius 1 is 0.650 bits per heavy atom. The molecular formula is C36H30N4. The lowest BCUT2D eigenvalue weighted by molar-refractivity contribution is -0.0297. The van der Waals surface area contributed by atoms with Crippen molar-refractivity contribution >= 4 is 21.8 Å². The highest BCUT2D eigenvalue weighted by molar-refractivity contribution is 6.15. The standard InChI is InChI=1S/C36H30N4/c1-3-10-25(11-4-1)27-15-9-17-30-31(27)28-14-7-8-16-29(28)40(30)34-38-32(26-12-5-2-6-13-26)37-33(39-34)36-21-24-18-19-35(20-24,22-36)23-36/h1-17,24H,18-23H2/t24-,35?,36?/m1/s1. The first-order chi connectivity index (χ1) is 19.7. The number of hydrogen-bond acceptors (Lipinski definition) is 3. The molecule has 4 aromatic carbocycles. The van der Waals surface area contributed by atoms with Crippen LogP contribution >= 0.6 is 0 Å². The number of hydrogen-bond donors (Lipinski definition) is 0. The maximum Gasteiger partial charge on any atom is 0.238 e. The smallest absolute Gasteiger partial charge is 0.238 e. The van der Waals surface area contributed by atoms with E-state index >= 15 is 0 Å². The van der Waals surface area contributed by atoms with Gasteiger partial charge in [-0.05, 0) is 73.1 Å². The first kappa shape index (κ1) is 22.5. The molecule has 0 radical (unpaired) electrons. The Balaban J connectivity index is 1.32. The molecule has 194 valence electrons. The summed E-state index contributed by atoms with van der Waals surface area (Å²) >= 11 is 0. The molecule has 0 saturated heterocycles. The van der Waals surface area contributed by atoms with Crippen LogP contribution in [0, 0.1) is 11.3 Å². The van der Waals surface area contributed by atoms with Gasteiger partial charge in [-0.1, -0.05) is 91.0 Å². The molecule has 6 aromatic rings. The van der Waals surface area contributed by atoms with Crippen molar-refractivity contribution < 1.29 is 0 Å². The molecule has 4 nitrogen and oxygen atoms in total. The van der Waals surface area contributed by atoms with E-state index in [-0.39, 0.29) is 5.41 Å². The summed E-state index contributed by atoms with van der Waals surface area (Å²) in [5.74, 6) is 3.33. The lowest BCUT2D eigenvalue weighted by atomic mass is 9.46. The van der Waals surface area contributed by atoms with E-state index in [1.54, 1.807) is 0 Å². The number of para-hydroxylation sites is 1. The highest BCUT2D eigenvalue weighted by Crippen LogP contribution is 2.71. The van der Waals surface area contributed by atoms with E-state index in [4.69, 9.17) is 15.0 Å². The molecule has 4 heteroatoms. The first-order valence-electron chi connectivity index (χ1n) is 14.6. The summed E-state index contributed by atoms with van der Waals surface area (Å²) in [5, 5.41) is 2.46. The predicted molar refractivity (Wildman–Crippen MR) is 160 cm³/mol. The predicted octanol–water partition coefficient (Wildman–Crippen LogP) is 8.52. The Morgan fingerprint density at radius 3 is 2.17 bits per heavy atom. The minimum atomic E-state index is 0.0919. The van der Waals surface area contributed by atoms with Gasteiger partial charge in [0.1, 0.15) is 5.82 Å². The van der Waals surface area contributed by atoms with Crippen molar-refractivity contribution in [3.8, 4) is 28.5 Å². The zero-order valence-corrected chi connectivity index (χ0v) is 22.4. The topological polar surface area (TPSA) is 43.6 Å². The van der Waals surface area contributed by atoms with Crippen LogP contribution in [0.5, 0.6) is 0 Å². The third kappa shape index (κ3) is 3.16. The first-order valence-corrected chi connectivity index (χ1v) is 14.6. The normalized spacial score (nSPS) is 24.9. The third-order valence-electron chi connectivity index (χ3n) is 10.0. The van der Waals surface area contributed by atoms with Crippen LogP contribution in [-0.2, 0) is 5.41 Å². The van der Waals surface area contributed by atoms with Gasteiger partial charge in [-0.3, -0.25) is 4.57 Å². The fourth-order valence-electron chi connectivity index (χ4n) is 8.66. The molecule has 0 aliphatic heterocycles. The molecule has 10 rings (SSSR count). The van der Waals surface area contributed by atoms with E-state index in [0.29, 0.717) is 5.41 Å². The fraction of sp³-hybridized carbons (Fsp3) is 0.250. The van der Waals surface area contributed by atoms with Crippen LogP contribution in [0.25, 0.3) is 50.3 Å². The van der Waals surface area contributed by atoms with E-state index in [9.17, 15) is 0 Å². The van der Waals surface area contributed by atoms with Crippen molar-refractivity contribution in [3.05, 3.63) is 109 Å². The summed E-state index contributed by atoms with van der Waals surface area (Å²) in [4.78, 5) is 15.8. The Labute approximate surface area is 233 Å². The minimum Gasteiger partial charge on any atom is -0.278 e. The molecule has 4 aliphatic rings. The van der Waals surface area contributed by atoms with Crippen LogP contribution in [0.1, 0.15) is 44.3 Å². The molecule has 1 atom stereocenters. The van der Waals surface area contributed by atoms with E-state index in [1.807, 2.05) is 0 Å². The summed E-state index contributed by atoms with van der Waals surface area (Å²) < 4.78 is 2.28. The van der Waals surface area contributed by atoms with Crippen LogP contribution in [0.3, 0.4) is 0 Å². The van der Waals surface area contributed by atoms with Gasteiger partial charge in [0.05, 0.1) is 11.0 Å². The maximum atomic E-state index is 5.37. The SMILES string of the molecule is c1ccc(-c2nc(-n3c4ccccc4c4c(-c5ccccc5)cccc43)nc(C34C[C@@H]5CCC(C5)(C3)C4)n2)cc1. The second-order valence-corrected chi connectivity index (χ2v) is 12.5. The van der Waals surface area contributed by atoms with E-state index in [1.165, 1.54) is 60.4 Å². The van der Waals surface area contributed by atoms with E-state index < -0.39 is 0 Å². The van der Waals surface area contributed by atoms with Crippen LogP contribution in [0.15, 0.2) is 103 Å². The van der Waals surface area contributed by atoms with Crippen LogP contribution in [0.4, 0.5) is 0 Å². The largest absolute Gasteiger partial charge is 0.278 e. The highest BCUT2D eigenvalue weighted by atomic mass is 15.2. The van der Waals surface area contributed by atoms with Crippen molar-refractivity contribution in [1.82, 2.24) is 19.5 Å². The van der Waals surface area contributed by atoms with Crippen molar-refractivity contribution in [2.45, 2.75) is 43.9 Å². The molecule has 0 N–H and O–H groups in total. The quantitative estimate of drug-likeness (QED) is 0.235. The number of nitrogens with zero attached hydrogens (tertiary/aromatic N) is 4. The van der Waals surface area contributed by atoms with E-state index in [0.717, 1.165) is 40.1 Å². The summed E-state index contributed by atoms with van der Waals surface area (Å²) in [7, 11) is 0. The molecule has 3 bridgehead atoms. The second kappa shape index (κ2) is 8.11. The molecule has 0 amide bonds. The van der Waals surface area contributed by atoms with Crippen LogP contribution < -0.4 is 0 Å². The second-order valence-electron chi connectivity index (χ2n) is 12.5.